The average molecular weight is 827 g/mol. The molecule has 322 valence electrons. The average Bonchev–Trinajstić information content (AvgIpc) is 3.64. The summed E-state index contributed by atoms with van der Waals surface area (Å²) in [6.07, 6.45) is 2.50. The zero-order chi connectivity index (χ0) is 43.8. The molecular weight excluding hydrogens is 769 g/mol. The number of para-hydroxylation sites is 1. The van der Waals surface area contributed by atoms with Gasteiger partial charge < -0.3 is 52.4 Å². The van der Waals surface area contributed by atoms with Gasteiger partial charge in [-0.15, -0.1) is 0 Å². The smallest absolute Gasteiger partial charge is 0.245 e. The fourth-order valence-corrected chi connectivity index (χ4v) is 6.74. The van der Waals surface area contributed by atoms with E-state index >= 15 is 0 Å². The molecule has 0 saturated carbocycles. The fraction of sp³-hybridized carbons (Fsp3) is 0.409. The van der Waals surface area contributed by atoms with Crippen molar-refractivity contribution in [2.75, 3.05) is 20.1 Å². The summed E-state index contributed by atoms with van der Waals surface area (Å²) in [7, 11) is 1.40. The van der Waals surface area contributed by atoms with Gasteiger partial charge in [0.1, 0.15) is 36.0 Å². The first-order chi connectivity index (χ1) is 28.7. The van der Waals surface area contributed by atoms with Crippen molar-refractivity contribution in [3.63, 3.8) is 0 Å². The van der Waals surface area contributed by atoms with Gasteiger partial charge in [0.2, 0.25) is 35.4 Å². The van der Waals surface area contributed by atoms with Crippen LogP contribution >= 0.6 is 0 Å². The Morgan fingerprint density at radius 2 is 1.37 bits per heavy atom. The Labute approximate surface area is 350 Å². The first-order valence-corrected chi connectivity index (χ1v) is 20.2. The van der Waals surface area contributed by atoms with Crippen LogP contribution in [0.2, 0.25) is 0 Å². The van der Waals surface area contributed by atoms with E-state index in [1.807, 2.05) is 30.5 Å². The highest BCUT2D eigenvalue weighted by molar-refractivity contribution is 5.96. The van der Waals surface area contributed by atoms with E-state index in [4.69, 9.17) is 5.73 Å². The van der Waals surface area contributed by atoms with E-state index in [2.05, 4.69) is 31.6 Å². The molecule has 16 nitrogen and oxygen atoms in total. The number of aliphatic hydroxyl groups excluding tert-OH is 1. The Balaban J connectivity index is 1.49. The zero-order valence-corrected chi connectivity index (χ0v) is 34.6. The summed E-state index contributed by atoms with van der Waals surface area (Å²) in [5.41, 5.74) is 8.94. The van der Waals surface area contributed by atoms with Crippen LogP contribution in [0.5, 0.6) is 5.75 Å². The first kappa shape index (κ1) is 46.4. The third-order valence-corrected chi connectivity index (χ3v) is 10.3. The molecule has 10 N–H and O–H groups in total. The summed E-state index contributed by atoms with van der Waals surface area (Å²) in [6.45, 7) is 4.74. The normalized spacial score (nSPS) is 14.1. The topological polar surface area (TPSA) is 248 Å². The number of likely N-dealkylation sites (N-methyl/N-ethyl adjacent to an activating group) is 1. The van der Waals surface area contributed by atoms with Gasteiger partial charge in [-0.1, -0.05) is 60.7 Å². The lowest BCUT2D eigenvalue weighted by Crippen LogP contribution is -2.61. The molecule has 0 aliphatic carbocycles. The standard InChI is InChI=1S/C44H58N8O8/c1-27(40(56)49-37(24-31-17-19-33(55)20-18-31)41(57)46-23-21-32-26-47-35-15-9-8-14-34(32)35)52(4)44(60)38(25-30-12-6-5-7-13-30)50-43(59)39(28(2)53)51-42(58)36(48-29(3)54)16-10-11-22-45/h5-9,12-15,17-20,26-28,36-39,47,53,55H,10-11,16,21-25,45H2,1-4H3,(H,46,57)(H,48,54)(H,49,56)(H,50,59)(H,51,58)/t27-,28?,36-,37-,38-,39-/m0/s1. The van der Waals surface area contributed by atoms with Crippen molar-refractivity contribution < 1.29 is 39.0 Å². The van der Waals surface area contributed by atoms with Crippen molar-refractivity contribution >= 4 is 46.3 Å². The number of nitrogens with zero attached hydrogens (tertiary/aromatic N) is 1. The molecule has 4 rings (SSSR count). The van der Waals surface area contributed by atoms with Crippen LogP contribution in [0.4, 0.5) is 0 Å². The first-order valence-electron chi connectivity index (χ1n) is 20.2. The van der Waals surface area contributed by atoms with Crippen LogP contribution in [-0.2, 0) is 48.0 Å². The Kier molecular flexibility index (Phi) is 17.6. The molecule has 1 unspecified atom stereocenters. The zero-order valence-electron chi connectivity index (χ0n) is 34.6. The number of rotatable bonds is 22. The van der Waals surface area contributed by atoms with Crippen molar-refractivity contribution in [2.45, 2.75) is 95.6 Å². The van der Waals surface area contributed by atoms with Gasteiger partial charge in [-0.3, -0.25) is 28.8 Å². The van der Waals surface area contributed by atoms with Crippen LogP contribution in [-0.4, -0.2) is 112 Å². The molecule has 0 radical (unpaired) electrons. The highest BCUT2D eigenvalue weighted by Gasteiger charge is 2.35. The van der Waals surface area contributed by atoms with E-state index < -0.39 is 71.8 Å². The minimum absolute atomic E-state index is 0.000483. The molecule has 4 aromatic rings. The van der Waals surface area contributed by atoms with E-state index in [9.17, 15) is 39.0 Å². The van der Waals surface area contributed by atoms with Crippen LogP contribution in [0.25, 0.3) is 10.9 Å². The molecule has 0 saturated heterocycles. The van der Waals surface area contributed by atoms with E-state index in [0.29, 0.717) is 36.9 Å². The second-order valence-electron chi connectivity index (χ2n) is 15.0. The maximum atomic E-state index is 14.2. The van der Waals surface area contributed by atoms with E-state index in [-0.39, 0.29) is 31.6 Å². The predicted octanol–water partition coefficient (Wildman–Crippen LogP) is 1.33. The fourth-order valence-electron chi connectivity index (χ4n) is 6.74. The number of aromatic nitrogens is 1. The number of hydrogen-bond donors (Lipinski definition) is 9. The van der Waals surface area contributed by atoms with Gasteiger partial charge in [0.25, 0.3) is 0 Å². The number of nitrogens with two attached hydrogens (primary N) is 1. The number of benzene rings is 3. The summed E-state index contributed by atoms with van der Waals surface area (Å²) in [4.78, 5) is 85.1. The Morgan fingerprint density at radius 1 is 0.733 bits per heavy atom. The minimum Gasteiger partial charge on any atom is -0.508 e. The number of H-pyrrole nitrogens is 1. The molecule has 6 atom stereocenters. The van der Waals surface area contributed by atoms with E-state index in [1.165, 1.54) is 40.0 Å². The lowest BCUT2D eigenvalue weighted by atomic mass is 10.0. The second kappa shape index (κ2) is 22.8. The van der Waals surface area contributed by atoms with Crippen molar-refractivity contribution in [3.05, 3.63) is 102 Å². The second-order valence-corrected chi connectivity index (χ2v) is 15.0. The Hall–Kier alpha value is -6.26. The monoisotopic (exact) mass is 826 g/mol. The summed E-state index contributed by atoms with van der Waals surface area (Å²) in [5.74, 6) is -3.70. The van der Waals surface area contributed by atoms with Crippen LogP contribution in [0.3, 0.4) is 0 Å². The number of phenols is 1. The lowest BCUT2D eigenvalue weighted by molar-refractivity contribution is -0.142. The van der Waals surface area contributed by atoms with Gasteiger partial charge >= 0.3 is 0 Å². The largest absolute Gasteiger partial charge is 0.508 e. The molecule has 0 bridgehead atoms. The SMILES string of the molecule is CC(=O)N[C@@H](CCCCN)C(=O)N[C@H](C(=O)N[C@@H](Cc1ccccc1)C(=O)N(C)[C@@H](C)C(=O)N[C@@H](Cc1ccc(O)cc1)C(=O)NCCc1c[nH]c2ccccc12)C(C)O. The van der Waals surface area contributed by atoms with Gasteiger partial charge in [-0.25, -0.2) is 0 Å². The Bertz CT molecular complexity index is 2060. The number of nitrogens with one attached hydrogen (secondary N) is 6. The number of carbonyl (C=O) groups excluding carboxylic acids is 6. The number of aromatic amines is 1. The summed E-state index contributed by atoms with van der Waals surface area (Å²) in [6, 6.07) is 17.0. The van der Waals surface area contributed by atoms with Gasteiger partial charge in [0.05, 0.1) is 6.10 Å². The quantitative estimate of drug-likeness (QED) is 0.0518. The number of aromatic hydroxyl groups is 1. The number of fused-ring (bicyclic) bond motifs is 1. The van der Waals surface area contributed by atoms with Crippen LogP contribution < -0.4 is 32.3 Å². The molecule has 0 aliphatic heterocycles. The number of carbonyl (C=O) groups is 6. The molecule has 60 heavy (non-hydrogen) atoms. The Morgan fingerprint density at radius 3 is 2.03 bits per heavy atom. The molecule has 1 aromatic heterocycles. The third kappa shape index (κ3) is 13.7. The number of aliphatic hydroxyl groups is 1. The maximum absolute atomic E-state index is 14.2. The van der Waals surface area contributed by atoms with Crippen molar-refractivity contribution in [3.8, 4) is 5.75 Å². The van der Waals surface area contributed by atoms with Crippen LogP contribution in [0.15, 0.2) is 85.1 Å². The number of hydrogen-bond acceptors (Lipinski definition) is 9. The van der Waals surface area contributed by atoms with Crippen LogP contribution in [0.1, 0.15) is 56.7 Å². The summed E-state index contributed by atoms with van der Waals surface area (Å²) < 4.78 is 0. The minimum atomic E-state index is -1.50. The molecule has 6 amide bonds. The van der Waals surface area contributed by atoms with E-state index in [0.717, 1.165) is 21.4 Å². The maximum Gasteiger partial charge on any atom is 0.245 e. The number of phenolic OH excluding ortho intramolecular Hbond substituents is 1. The highest BCUT2D eigenvalue weighted by atomic mass is 16.3. The summed E-state index contributed by atoms with van der Waals surface area (Å²) >= 11 is 0. The van der Waals surface area contributed by atoms with Crippen molar-refractivity contribution in [1.82, 2.24) is 36.5 Å². The van der Waals surface area contributed by atoms with Gasteiger partial charge in [0.15, 0.2) is 0 Å². The van der Waals surface area contributed by atoms with Gasteiger partial charge in [-0.2, -0.15) is 0 Å². The van der Waals surface area contributed by atoms with Gasteiger partial charge in [-0.05, 0) is 81.0 Å². The summed E-state index contributed by atoms with van der Waals surface area (Å²) in [5, 5.41) is 35.0. The third-order valence-electron chi connectivity index (χ3n) is 10.3. The molecular formula is C44H58N8O8. The van der Waals surface area contributed by atoms with E-state index in [1.54, 1.807) is 42.5 Å². The van der Waals surface area contributed by atoms with Crippen LogP contribution in [0, 0.1) is 0 Å². The van der Waals surface area contributed by atoms with Gasteiger partial charge in [0, 0.05) is 50.5 Å². The molecule has 3 aromatic carbocycles. The molecule has 0 aliphatic rings. The highest BCUT2D eigenvalue weighted by Crippen LogP contribution is 2.18. The van der Waals surface area contributed by atoms with Crippen molar-refractivity contribution in [2.24, 2.45) is 5.73 Å². The predicted molar refractivity (Wildman–Crippen MR) is 227 cm³/mol. The number of unbranched alkanes of at least 4 members (excludes halogenated alkanes) is 1. The molecule has 0 spiro atoms. The molecule has 1 heterocycles. The van der Waals surface area contributed by atoms with Crippen molar-refractivity contribution in [1.29, 1.82) is 0 Å². The molecule has 16 heteroatoms. The number of amides is 6. The lowest BCUT2D eigenvalue weighted by Gasteiger charge is -2.31. The molecule has 0 fully saturated rings.